The first kappa shape index (κ1) is 30.7. The van der Waals surface area contributed by atoms with E-state index in [0.717, 1.165) is 35.1 Å². The minimum atomic E-state index is -0.627. The second-order valence-electron chi connectivity index (χ2n) is 10.5. The monoisotopic (exact) mass is 826 g/mol. The molecule has 1 aliphatic rings. The van der Waals surface area contributed by atoms with E-state index in [9.17, 15) is 9.59 Å². The zero-order valence-electron chi connectivity index (χ0n) is 24.3. The molecule has 9 heteroatoms. The lowest BCUT2D eigenvalue weighted by atomic mass is 9.95. The summed E-state index contributed by atoms with van der Waals surface area (Å²) in [5.74, 6) is 0.351. The summed E-state index contributed by atoms with van der Waals surface area (Å²) in [5, 5.41) is 2.36. The fraction of sp³-hybridized carbons (Fsp3) is 0.171. The van der Waals surface area contributed by atoms with Crippen LogP contribution in [0.2, 0.25) is 0 Å². The number of halogens is 2. The Morgan fingerprint density at radius 3 is 2.43 bits per heavy atom. The molecule has 0 aliphatic carbocycles. The Hall–Kier alpha value is -3.29. The molecule has 1 atom stereocenters. The zero-order chi connectivity index (χ0) is 31.0. The number of allylic oxidation sites excluding steroid dienone is 1. The van der Waals surface area contributed by atoms with Gasteiger partial charge in [0.15, 0.2) is 4.80 Å². The van der Waals surface area contributed by atoms with Gasteiger partial charge >= 0.3 is 5.97 Å². The lowest BCUT2D eigenvalue weighted by Crippen LogP contribution is -2.39. The average molecular weight is 826 g/mol. The Kier molecular flexibility index (Phi) is 9.06. The van der Waals surface area contributed by atoms with Gasteiger partial charge in [0.1, 0.15) is 12.4 Å². The number of benzene rings is 4. The molecule has 0 spiro atoms. The van der Waals surface area contributed by atoms with Gasteiger partial charge in [-0.15, -0.1) is 0 Å². The van der Waals surface area contributed by atoms with Crippen molar-refractivity contribution in [3.05, 3.63) is 139 Å². The Morgan fingerprint density at radius 2 is 1.70 bits per heavy atom. The summed E-state index contributed by atoms with van der Waals surface area (Å²) in [5.41, 5.74) is 4.67. The number of ether oxygens (including phenoxy) is 2. The van der Waals surface area contributed by atoms with Crippen LogP contribution in [0.5, 0.6) is 5.75 Å². The molecule has 6 nitrogen and oxygen atoms in total. The van der Waals surface area contributed by atoms with Gasteiger partial charge in [0.05, 0.1) is 35.6 Å². The molecule has 222 valence electrons. The first-order valence-corrected chi connectivity index (χ1v) is 17.1. The summed E-state index contributed by atoms with van der Waals surface area (Å²) in [6.45, 7) is 6.26. The predicted octanol–water partition coefficient (Wildman–Crippen LogP) is 7.05. The number of esters is 1. The van der Waals surface area contributed by atoms with Crippen LogP contribution in [0.15, 0.2) is 99.9 Å². The third-order valence-corrected chi connectivity index (χ3v) is 10.1. The van der Waals surface area contributed by atoms with Gasteiger partial charge in [-0.2, -0.15) is 0 Å². The Bertz CT molecular complexity index is 2100. The zero-order valence-corrected chi connectivity index (χ0v) is 29.4. The van der Waals surface area contributed by atoms with Crippen LogP contribution >= 0.6 is 56.5 Å². The quantitative estimate of drug-likeness (QED) is 0.131. The molecule has 0 N–H and O–H groups in total. The number of carbonyl (C=O) groups is 1. The molecule has 0 saturated carbocycles. The van der Waals surface area contributed by atoms with Crippen molar-refractivity contribution in [2.45, 2.75) is 33.4 Å². The fourth-order valence-electron chi connectivity index (χ4n) is 5.38. The van der Waals surface area contributed by atoms with Crippen molar-refractivity contribution in [3.8, 4) is 5.75 Å². The SMILES string of the molecule is CCOC(=O)C1=C(C)N=c2s/c(=C/c3cc(I)c(OCc4cccc5ccccc45)c(I)c3)c(=O)n2[C@H]1c1ccc(C)cc1. The highest BCUT2D eigenvalue weighted by molar-refractivity contribution is 14.1. The molecule has 0 saturated heterocycles. The van der Waals surface area contributed by atoms with Crippen molar-refractivity contribution >= 4 is 79.3 Å². The third-order valence-electron chi connectivity index (χ3n) is 7.48. The van der Waals surface area contributed by atoms with E-state index in [-0.39, 0.29) is 12.2 Å². The minimum Gasteiger partial charge on any atom is -0.487 e. The minimum absolute atomic E-state index is 0.199. The predicted molar refractivity (Wildman–Crippen MR) is 192 cm³/mol. The van der Waals surface area contributed by atoms with Crippen LogP contribution < -0.4 is 19.6 Å². The van der Waals surface area contributed by atoms with Crippen molar-refractivity contribution in [3.63, 3.8) is 0 Å². The number of fused-ring (bicyclic) bond motifs is 2. The first-order chi connectivity index (χ1) is 21.2. The molecule has 44 heavy (non-hydrogen) atoms. The van der Waals surface area contributed by atoms with Crippen LogP contribution in [0, 0.1) is 14.1 Å². The lowest BCUT2D eigenvalue weighted by molar-refractivity contribution is -0.139. The van der Waals surface area contributed by atoms with Gasteiger partial charge < -0.3 is 9.47 Å². The number of aromatic nitrogens is 1. The van der Waals surface area contributed by atoms with Crippen molar-refractivity contribution in [2.24, 2.45) is 4.99 Å². The smallest absolute Gasteiger partial charge is 0.338 e. The number of aryl methyl sites for hydroxylation is 1. The molecule has 6 rings (SSSR count). The molecule has 0 fully saturated rings. The van der Waals surface area contributed by atoms with Crippen LogP contribution in [-0.4, -0.2) is 17.1 Å². The van der Waals surface area contributed by atoms with E-state index < -0.39 is 12.0 Å². The Labute approximate surface area is 286 Å². The number of rotatable bonds is 7. The number of hydrogen-bond acceptors (Lipinski definition) is 6. The van der Waals surface area contributed by atoms with E-state index in [1.54, 1.807) is 18.4 Å². The van der Waals surface area contributed by atoms with Gasteiger partial charge in [0.2, 0.25) is 0 Å². The summed E-state index contributed by atoms with van der Waals surface area (Å²) in [6, 6.07) is 25.8. The number of thiazole rings is 1. The topological polar surface area (TPSA) is 69.9 Å². The number of carbonyl (C=O) groups excluding carboxylic acids is 1. The molecule has 0 radical (unpaired) electrons. The summed E-state index contributed by atoms with van der Waals surface area (Å²) >= 11 is 5.90. The van der Waals surface area contributed by atoms with Crippen molar-refractivity contribution in [1.29, 1.82) is 0 Å². The molecule has 1 aliphatic heterocycles. The maximum atomic E-state index is 14.0. The standard InChI is InChI=1S/C35H28I2N2O4S/c1-4-42-34(41)30-21(3)38-35-39(31(30)24-14-12-20(2)13-15-24)33(40)29(44-35)18-22-16-27(36)32(28(37)17-22)43-19-25-10-7-9-23-8-5-6-11-26(23)25/h5-18,31H,4,19H2,1-3H3/b29-18+/t31-/m0/s1. The van der Waals surface area contributed by atoms with Crippen molar-refractivity contribution < 1.29 is 14.3 Å². The Morgan fingerprint density at radius 1 is 1.00 bits per heavy atom. The van der Waals surface area contributed by atoms with E-state index in [4.69, 9.17) is 9.47 Å². The van der Waals surface area contributed by atoms with Gasteiger partial charge in [-0.3, -0.25) is 9.36 Å². The second-order valence-corrected chi connectivity index (χ2v) is 13.8. The van der Waals surface area contributed by atoms with Gasteiger partial charge in [0.25, 0.3) is 5.56 Å². The maximum Gasteiger partial charge on any atom is 0.338 e. The van der Waals surface area contributed by atoms with Crippen molar-refractivity contribution in [2.75, 3.05) is 6.61 Å². The third kappa shape index (κ3) is 6.01. The number of nitrogens with zero attached hydrogens (tertiary/aromatic N) is 2. The van der Waals surface area contributed by atoms with Crippen LogP contribution in [0.25, 0.3) is 16.8 Å². The van der Waals surface area contributed by atoms with Crippen LogP contribution in [0.1, 0.15) is 42.1 Å². The summed E-state index contributed by atoms with van der Waals surface area (Å²) < 4.78 is 15.8. The van der Waals surface area contributed by atoms with E-state index in [2.05, 4.69) is 80.5 Å². The highest BCUT2D eigenvalue weighted by Gasteiger charge is 2.33. The summed E-state index contributed by atoms with van der Waals surface area (Å²) in [7, 11) is 0. The molecular formula is C35H28I2N2O4S. The maximum absolute atomic E-state index is 14.0. The van der Waals surface area contributed by atoms with Gasteiger partial charge in [-0.25, -0.2) is 9.79 Å². The molecule has 5 aromatic rings. The fourth-order valence-corrected chi connectivity index (χ4v) is 8.55. The second kappa shape index (κ2) is 13.0. The normalized spacial score (nSPS) is 14.8. The number of hydrogen-bond donors (Lipinski definition) is 0. The van der Waals surface area contributed by atoms with Gasteiger partial charge in [0, 0.05) is 0 Å². The Balaban J connectivity index is 1.37. The van der Waals surface area contributed by atoms with E-state index >= 15 is 0 Å². The molecule has 1 aromatic heterocycles. The lowest BCUT2D eigenvalue weighted by Gasteiger charge is -2.24. The largest absolute Gasteiger partial charge is 0.487 e. The van der Waals surface area contributed by atoms with E-state index in [0.29, 0.717) is 27.2 Å². The molecule has 4 aromatic carbocycles. The van der Waals surface area contributed by atoms with Gasteiger partial charge in [-0.1, -0.05) is 83.6 Å². The molecular weight excluding hydrogens is 798 g/mol. The van der Waals surface area contributed by atoms with E-state index in [1.807, 2.05) is 61.5 Å². The summed E-state index contributed by atoms with van der Waals surface area (Å²) in [6.07, 6.45) is 1.89. The first-order valence-electron chi connectivity index (χ1n) is 14.1. The van der Waals surface area contributed by atoms with Crippen molar-refractivity contribution in [1.82, 2.24) is 4.57 Å². The van der Waals surface area contributed by atoms with Crippen LogP contribution in [0.4, 0.5) is 0 Å². The molecule has 0 amide bonds. The molecule has 0 bridgehead atoms. The summed E-state index contributed by atoms with van der Waals surface area (Å²) in [4.78, 5) is 32.3. The van der Waals surface area contributed by atoms with Crippen LogP contribution in [0.3, 0.4) is 0 Å². The average Bonchev–Trinajstić information content (AvgIpc) is 3.30. The van der Waals surface area contributed by atoms with E-state index in [1.165, 1.54) is 22.1 Å². The highest BCUT2D eigenvalue weighted by atomic mass is 127. The van der Waals surface area contributed by atoms with Crippen LogP contribution in [-0.2, 0) is 16.1 Å². The molecule has 0 unspecified atom stereocenters. The highest BCUT2D eigenvalue weighted by Crippen LogP contribution is 2.32. The van der Waals surface area contributed by atoms with Gasteiger partial charge in [-0.05, 0) is 112 Å². The molecule has 2 heterocycles.